The van der Waals surface area contributed by atoms with Crippen LogP contribution in [0.3, 0.4) is 0 Å². The molecule has 0 aliphatic carbocycles. The number of anilines is 1. The van der Waals surface area contributed by atoms with Gasteiger partial charge in [0.2, 0.25) is 5.78 Å². The predicted octanol–water partition coefficient (Wildman–Crippen LogP) is 3.40. The summed E-state index contributed by atoms with van der Waals surface area (Å²) in [4.78, 5) is 15.6. The first-order chi connectivity index (χ1) is 10.1. The monoisotopic (exact) mass is 280 g/mol. The second-order valence-corrected chi connectivity index (χ2v) is 4.94. The fraction of sp³-hybridized carbons (Fsp3) is 0.118. The Balaban J connectivity index is 1.82. The van der Waals surface area contributed by atoms with Gasteiger partial charge in [-0.3, -0.25) is 4.79 Å². The highest BCUT2D eigenvalue weighted by Crippen LogP contribution is 2.21. The summed E-state index contributed by atoms with van der Waals surface area (Å²) in [5.41, 5.74) is 7.89. The quantitative estimate of drug-likeness (QED) is 0.568. The summed E-state index contributed by atoms with van der Waals surface area (Å²) in [6, 6.07) is 14.7. The standard InChI is InChI=1S/C17H16N2O2/c1-11(21-13-8-6-12(18)7-9-13)17(20)15-10-19-16-5-3-2-4-14(15)16/h2-11,19H,18H2,1H3. The molecule has 3 aromatic rings. The second kappa shape index (κ2) is 5.32. The maximum Gasteiger partial charge on any atom is 0.205 e. The van der Waals surface area contributed by atoms with Crippen molar-refractivity contribution in [3.8, 4) is 5.75 Å². The number of nitrogens with two attached hydrogens (primary N) is 1. The van der Waals surface area contributed by atoms with Gasteiger partial charge in [0.15, 0.2) is 6.10 Å². The number of aromatic amines is 1. The highest BCUT2D eigenvalue weighted by Gasteiger charge is 2.20. The van der Waals surface area contributed by atoms with E-state index in [4.69, 9.17) is 10.5 Å². The van der Waals surface area contributed by atoms with Gasteiger partial charge in [-0.2, -0.15) is 0 Å². The van der Waals surface area contributed by atoms with Crippen LogP contribution in [0.15, 0.2) is 54.7 Å². The zero-order valence-electron chi connectivity index (χ0n) is 11.7. The van der Waals surface area contributed by atoms with E-state index in [-0.39, 0.29) is 5.78 Å². The Kier molecular flexibility index (Phi) is 3.36. The Morgan fingerprint density at radius 3 is 2.62 bits per heavy atom. The van der Waals surface area contributed by atoms with Crippen molar-refractivity contribution in [1.82, 2.24) is 4.98 Å². The number of para-hydroxylation sites is 1. The molecule has 0 saturated carbocycles. The number of carbonyl (C=O) groups is 1. The molecule has 1 heterocycles. The average Bonchev–Trinajstić information content (AvgIpc) is 2.92. The molecule has 3 N–H and O–H groups in total. The molecular formula is C17H16N2O2. The molecule has 0 spiro atoms. The fourth-order valence-electron chi connectivity index (χ4n) is 2.30. The largest absolute Gasteiger partial charge is 0.483 e. The Labute approximate surface area is 122 Å². The summed E-state index contributed by atoms with van der Waals surface area (Å²) in [6.45, 7) is 1.75. The van der Waals surface area contributed by atoms with E-state index in [1.807, 2.05) is 24.3 Å². The van der Waals surface area contributed by atoms with Crippen LogP contribution in [0.4, 0.5) is 5.69 Å². The number of Topliss-reactive ketones (excluding diaryl/α,β-unsaturated/α-hetero) is 1. The first-order valence-corrected chi connectivity index (χ1v) is 6.77. The number of ketones is 1. The molecule has 4 nitrogen and oxygen atoms in total. The van der Waals surface area contributed by atoms with Crippen LogP contribution in [0.5, 0.6) is 5.75 Å². The van der Waals surface area contributed by atoms with Crippen LogP contribution in [-0.4, -0.2) is 16.9 Å². The van der Waals surface area contributed by atoms with Crippen molar-refractivity contribution < 1.29 is 9.53 Å². The van der Waals surface area contributed by atoms with Gasteiger partial charge in [-0.15, -0.1) is 0 Å². The van der Waals surface area contributed by atoms with Crippen LogP contribution in [0, 0.1) is 0 Å². The molecule has 0 aliphatic heterocycles. The zero-order valence-corrected chi connectivity index (χ0v) is 11.7. The third kappa shape index (κ3) is 2.60. The number of nitrogen functional groups attached to an aromatic ring is 1. The van der Waals surface area contributed by atoms with E-state index < -0.39 is 6.10 Å². The van der Waals surface area contributed by atoms with Gasteiger partial charge in [-0.25, -0.2) is 0 Å². The number of aromatic nitrogens is 1. The van der Waals surface area contributed by atoms with Crippen molar-refractivity contribution in [2.75, 3.05) is 5.73 Å². The first-order valence-electron chi connectivity index (χ1n) is 6.77. The van der Waals surface area contributed by atoms with Crippen LogP contribution in [-0.2, 0) is 0 Å². The predicted molar refractivity (Wildman–Crippen MR) is 83.6 cm³/mol. The van der Waals surface area contributed by atoms with E-state index in [9.17, 15) is 4.79 Å². The van der Waals surface area contributed by atoms with Crippen molar-refractivity contribution in [1.29, 1.82) is 0 Å². The summed E-state index contributed by atoms with van der Waals surface area (Å²) >= 11 is 0. The minimum Gasteiger partial charge on any atom is -0.483 e. The minimum absolute atomic E-state index is 0.0516. The van der Waals surface area contributed by atoms with Gasteiger partial charge in [0.1, 0.15) is 5.75 Å². The summed E-state index contributed by atoms with van der Waals surface area (Å²) < 4.78 is 5.68. The Bertz CT molecular complexity index is 775. The fourth-order valence-corrected chi connectivity index (χ4v) is 2.30. The second-order valence-electron chi connectivity index (χ2n) is 4.94. The van der Waals surface area contributed by atoms with Gasteiger partial charge >= 0.3 is 0 Å². The highest BCUT2D eigenvalue weighted by molar-refractivity contribution is 6.09. The third-order valence-electron chi connectivity index (χ3n) is 3.42. The maximum absolute atomic E-state index is 12.5. The van der Waals surface area contributed by atoms with Crippen LogP contribution in [0.25, 0.3) is 10.9 Å². The van der Waals surface area contributed by atoms with Gasteiger partial charge in [0.25, 0.3) is 0 Å². The molecule has 0 radical (unpaired) electrons. The van der Waals surface area contributed by atoms with Crippen molar-refractivity contribution in [3.05, 3.63) is 60.3 Å². The number of hydrogen-bond donors (Lipinski definition) is 2. The Hall–Kier alpha value is -2.75. The molecule has 21 heavy (non-hydrogen) atoms. The lowest BCUT2D eigenvalue weighted by Crippen LogP contribution is -2.23. The molecule has 3 rings (SSSR count). The molecule has 0 amide bonds. The SMILES string of the molecule is CC(Oc1ccc(N)cc1)C(=O)c1c[nH]c2ccccc12. The first kappa shape index (κ1) is 13.2. The van der Waals surface area contributed by atoms with Crippen molar-refractivity contribution in [2.24, 2.45) is 0 Å². The summed E-state index contributed by atoms with van der Waals surface area (Å²) in [6.07, 6.45) is 1.17. The van der Waals surface area contributed by atoms with E-state index in [0.717, 1.165) is 10.9 Å². The maximum atomic E-state index is 12.5. The molecular weight excluding hydrogens is 264 g/mol. The lowest BCUT2D eigenvalue weighted by atomic mass is 10.1. The van der Waals surface area contributed by atoms with Crippen LogP contribution in [0.1, 0.15) is 17.3 Å². The molecule has 4 heteroatoms. The molecule has 0 aliphatic rings. The van der Waals surface area contributed by atoms with Crippen molar-refractivity contribution in [2.45, 2.75) is 13.0 Å². The molecule has 2 aromatic carbocycles. The number of rotatable bonds is 4. The van der Waals surface area contributed by atoms with E-state index in [1.54, 1.807) is 37.4 Å². The number of nitrogens with one attached hydrogen (secondary N) is 1. The summed E-state index contributed by atoms with van der Waals surface area (Å²) in [7, 11) is 0. The number of H-pyrrole nitrogens is 1. The van der Waals surface area contributed by atoms with Gasteiger partial charge in [0.05, 0.1) is 0 Å². The number of ether oxygens (including phenoxy) is 1. The lowest BCUT2D eigenvalue weighted by Gasteiger charge is -2.13. The molecule has 0 saturated heterocycles. The molecule has 0 fully saturated rings. The number of benzene rings is 2. The minimum atomic E-state index is -0.562. The summed E-state index contributed by atoms with van der Waals surface area (Å²) in [5, 5.41) is 0.912. The molecule has 1 aromatic heterocycles. The Morgan fingerprint density at radius 1 is 1.14 bits per heavy atom. The van der Waals surface area contributed by atoms with Gasteiger partial charge in [-0.05, 0) is 37.3 Å². The van der Waals surface area contributed by atoms with E-state index >= 15 is 0 Å². The van der Waals surface area contributed by atoms with Gasteiger partial charge < -0.3 is 15.5 Å². The smallest absolute Gasteiger partial charge is 0.205 e. The topological polar surface area (TPSA) is 68.1 Å². The third-order valence-corrected chi connectivity index (χ3v) is 3.42. The van der Waals surface area contributed by atoms with Crippen LogP contribution >= 0.6 is 0 Å². The summed E-state index contributed by atoms with van der Waals surface area (Å²) in [5.74, 6) is 0.578. The van der Waals surface area contributed by atoms with E-state index in [2.05, 4.69) is 4.98 Å². The number of fused-ring (bicyclic) bond motifs is 1. The zero-order chi connectivity index (χ0) is 14.8. The molecule has 1 unspecified atom stereocenters. The van der Waals surface area contributed by atoms with Crippen LogP contribution < -0.4 is 10.5 Å². The van der Waals surface area contributed by atoms with Crippen molar-refractivity contribution >= 4 is 22.4 Å². The normalized spacial score (nSPS) is 12.2. The highest BCUT2D eigenvalue weighted by atomic mass is 16.5. The van der Waals surface area contributed by atoms with Crippen molar-refractivity contribution in [3.63, 3.8) is 0 Å². The van der Waals surface area contributed by atoms with Gasteiger partial charge in [0, 0.05) is 28.4 Å². The number of hydrogen-bond acceptors (Lipinski definition) is 3. The number of carbonyl (C=O) groups excluding carboxylic acids is 1. The lowest BCUT2D eigenvalue weighted by molar-refractivity contribution is 0.0820. The Morgan fingerprint density at radius 2 is 1.86 bits per heavy atom. The average molecular weight is 280 g/mol. The van der Waals surface area contributed by atoms with Crippen LogP contribution in [0.2, 0.25) is 0 Å². The molecule has 106 valence electrons. The van der Waals surface area contributed by atoms with E-state index in [1.165, 1.54) is 0 Å². The molecule has 1 atom stereocenters. The molecule has 0 bridgehead atoms. The van der Waals surface area contributed by atoms with Gasteiger partial charge in [-0.1, -0.05) is 18.2 Å². The van der Waals surface area contributed by atoms with E-state index in [0.29, 0.717) is 17.0 Å².